The highest BCUT2D eigenvalue weighted by molar-refractivity contribution is 5.51. The first kappa shape index (κ1) is 16.6. The third kappa shape index (κ3) is 3.92. The first-order chi connectivity index (χ1) is 10.2. The minimum absolute atomic E-state index is 0.0231. The van der Waals surface area contributed by atoms with Gasteiger partial charge in [-0.05, 0) is 33.3 Å². The summed E-state index contributed by atoms with van der Waals surface area (Å²) in [6.07, 6.45) is 1.32. The van der Waals surface area contributed by atoms with Crippen molar-refractivity contribution >= 4 is 11.5 Å². The van der Waals surface area contributed by atoms with Gasteiger partial charge >= 0.3 is 0 Å². The Morgan fingerprint density at radius 2 is 2.18 bits per heavy atom. The van der Waals surface area contributed by atoms with E-state index in [0.29, 0.717) is 6.54 Å². The molecule has 0 unspecified atom stereocenters. The highest BCUT2D eigenvalue weighted by atomic mass is 16.6. The number of aliphatic hydroxyl groups is 1. The quantitative estimate of drug-likeness (QED) is 0.671. The van der Waals surface area contributed by atoms with Gasteiger partial charge in [-0.15, -0.1) is 0 Å². The number of aryl methyl sites for hydroxylation is 1. The number of piperazine rings is 1. The lowest BCUT2D eigenvalue weighted by Gasteiger charge is -2.42. The molecule has 1 aromatic rings. The van der Waals surface area contributed by atoms with Crippen LogP contribution in [0.25, 0.3) is 0 Å². The number of nitrogens with zero attached hydrogens (tertiary/aromatic N) is 4. The van der Waals surface area contributed by atoms with Gasteiger partial charge in [0.25, 0.3) is 5.69 Å². The van der Waals surface area contributed by atoms with Crippen LogP contribution in [0.2, 0.25) is 0 Å². The van der Waals surface area contributed by atoms with Gasteiger partial charge in [-0.1, -0.05) is 0 Å². The number of pyridine rings is 1. The van der Waals surface area contributed by atoms with Crippen molar-refractivity contribution in [1.82, 2.24) is 9.88 Å². The maximum absolute atomic E-state index is 10.8. The summed E-state index contributed by atoms with van der Waals surface area (Å²) in [5.74, 6) is 0.806. The maximum atomic E-state index is 10.8. The molecule has 122 valence electrons. The molecule has 22 heavy (non-hydrogen) atoms. The SMILES string of the molecule is Cc1cc([N+](=O)[O-])cnc1N1CCN(CC(C)(C)O)[C@H](C)C1. The van der Waals surface area contributed by atoms with Crippen LogP contribution in [0.4, 0.5) is 11.5 Å². The molecule has 1 saturated heterocycles. The molecule has 2 rings (SSSR count). The van der Waals surface area contributed by atoms with Gasteiger partial charge in [0.05, 0.1) is 10.5 Å². The van der Waals surface area contributed by atoms with E-state index in [0.717, 1.165) is 31.0 Å². The lowest BCUT2D eigenvalue weighted by Crippen LogP contribution is -2.55. The van der Waals surface area contributed by atoms with Gasteiger partial charge in [0.1, 0.15) is 12.0 Å². The fourth-order valence-electron chi connectivity index (χ4n) is 2.90. The van der Waals surface area contributed by atoms with Crippen LogP contribution in [0, 0.1) is 17.0 Å². The molecular weight excluding hydrogens is 284 g/mol. The van der Waals surface area contributed by atoms with E-state index in [-0.39, 0.29) is 11.7 Å². The number of rotatable bonds is 4. The van der Waals surface area contributed by atoms with Crippen LogP contribution < -0.4 is 4.90 Å². The number of hydrogen-bond acceptors (Lipinski definition) is 6. The second kappa shape index (κ2) is 6.18. The Morgan fingerprint density at radius 3 is 2.68 bits per heavy atom. The molecule has 1 aliphatic heterocycles. The van der Waals surface area contributed by atoms with Crippen molar-refractivity contribution in [3.05, 3.63) is 27.9 Å². The lowest BCUT2D eigenvalue weighted by atomic mass is 10.1. The normalized spacial score (nSPS) is 20.2. The molecule has 0 saturated carbocycles. The van der Waals surface area contributed by atoms with Crippen molar-refractivity contribution in [2.75, 3.05) is 31.1 Å². The Kier molecular flexibility index (Phi) is 4.67. The number of nitro groups is 1. The highest BCUT2D eigenvalue weighted by Crippen LogP contribution is 2.24. The van der Waals surface area contributed by atoms with E-state index in [1.807, 2.05) is 20.8 Å². The molecule has 7 heteroatoms. The largest absolute Gasteiger partial charge is 0.389 e. The summed E-state index contributed by atoms with van der Waals surface area (Å²) >= 11 is 0. The summed E-state index contributed by atoms with van der Waals surface area (Å²) in [7, 11) is 0. The number of hydrogen-bond donors (Lipinski definition) is 1. The van der Waals surface area contributed by atoms with E-state index >= 15 is 0 Å². The number of anilines is 1. The van der Waals surface area contributed by atoms with Crippen LogP contribution in [-0.4, -0.2) is 57.7 Å². The van der Waals surface area contributed by atoms with E-state index in [2.05, 4.69) is 21.7 Å². The van der Waals surface area contributed by atoms with Crippen molar-refractivity contribution in [1.29, 1.82) is 0 Å². The van der Waals surface area contributed by atoms with Crippen LogP contribution in [0.15, 0.2) is 12.3 Å². The maximum Gasteiger partial charge on any atom is 0.287 e. The topological polar surface area (TPSA) is 82.7 Å². The zero-order valence-corrected chi connectivity index (χ0v) is 13.6. The predicted molar refractivity (Wildman–Crippen MR) is 85.2 cm³/mol. The van der Waals surface area contributed by atoms with E-state index in [1.54, 1.807) is 6.07 Å². The molecule has 0 amide bonds. The average molecular weight is 308 g/mol. The highest BCUT2D eigenvalue weighted by Gasteiger charge is 2.29. The van der Waals surface area contributed by atoms with Crippen molar-refractivity contribution in [3.63, 3.8) is 0 Å². The van der Waals surface area contributed by atoms with E-state index in [9.17, 15) is 15.2 Å². The van der Waals surface area contributed by atoms with Crippen LogP contribution >= 0.6 is 0 Å². The third-order valence-electron chi connectivity index (χ3n) is 3.90. The first-order valence-electron chi connectivity index (χ1n) is 7.50. The lowest BCUT2D eigenvalue weighted by molar-refractivity contribution is -0.385. The summed E-state index contributed by atoms with van der Waals surface area (Å²) in [5.41, 5.74) is 0.130. The van der Waals surface area contributed by atoms with Gasteiger partial charge < -0.3 is 10.0 Å². The minimum atomic E-state index is -0.710. The Labute approximate surface area is 130 Å². The second-order valence-corrected chi connectivity index (χ2v) is 6.67. The molecule has 1 aromatic heterocycles. The molecule has 0 aliphatic carbocycles. The summed E-state index contributed by atoms with van der Waals surface area (Å²) in [6, 6.07) is 1.85. The average Bonchev–Trinajstić information content (AvgIpc) is 2.39. The summed E-state index contributed by atoms with van der Waals surface area (Å²) in [4.78, 5) is 19.1. The zero-order chi connectivity index (χ0) is 16.5. The number of β-amino-alcohol motifs (C(OH)–C–C–N with tert-alkyl or cyclic N) is 1. The fraction of sp³-hybridized carbons (Fsp3) is 0.667. The molecule has 2 heterocycles. The van der Waals surface area contributed by atoms with Gasteiger partial charge in [0, 0.05) is 38.3 Å². The smallest absolute Gasteiger partial charge is 0.287 e. The molecule has 1 aliphatic rings. The Balaban J connectivity index is 2.09. The van der Waals surface area contributed by atoms with E-state index in [4.69, 9.17) is 0 Å². The third-order valence-corrected chi connectivity index (χ3v) is 3.90. The van der Waals surface area contributed by atoms with Gasteiger partial charge in [-0.2, -0.15) is 0 Å². The molecule has 0 aromatic carbocycles. The van der Waals surface area contributed by atoms with Crippen molar-refractivity contribution < 1.29 is 10.0 Å². The summed E-state index contributed by atoms with van der Waals surface area (Å²) in [5, 5.41) is 20.8. The van der Waals surface area contributed by atoms with E-state index in [1.165, 1.54) is 6.20 Å². The fourth-order valence-corrected chi connectivity index (χ4v) is 2.90. The van der Waals surface area contributed by atoms with Crippen LogP contribution in [-0.2, 0) is 0 Å². The molecular formula is C15H24N4O3. The standard InChI is InChI=1S/C15H24N4O3/c1-11-7-13(19(21)22)8-16-14(11)17-5-6-18(12(2)9-17)10-15(3,4)20/h7-8,12,20H,5-6,9-10H2,1-4H3/t12-/m1/s1. The summed E-state index contributed by atoms with van der Waals surface area (Å²) < 4.78 is 0. The zero-order valence-electron chi connectivity index (χ0n) is 13.6. The Hall–Kier alpha value is -1.73. The predicted octanol–water partition coefficient (Wildman–Crippen LogP) is 1.58. The van der Waals surface area contributed by atoms with Crippen molar-refractivity contribution in [2.45, 2.75) is 39.3 Å². The van der Waals surface area contributed by atoms with Crippen molar-refractivity contribution in [3.8, 4) is 0 Å². The molecule has 7 nitrogen and oxygen atoms in total. The molecule has 1 atom stereocenters. The Morgan fingerprint density at radius 1 is 1.50 bits per heavy atom. The minimum Gasteiger partial charge on any atom is -0.389 e. The molecule has 0 radical (unpaired) electrons. The van der Waals surface area contributed by atoms with Gasteiger partial charge in [0.15, 0.2) is 0 Å². The monoisotopic (exact) mass is 308 g/mol. The summed E-state index contributed by atoms with van der Waals surface area (Å²) in [6.45, 7) is 10.7. The van der Waals surface area contributed by atoms with Gasteiger partial charge in [-0.3, -0.25) is 15.0 Å². The molecule has 0 spiro atoms. The Bertz CT molecular complexity index is 556. The van der Waals surface area contributed by atoms with E-state index < -0.39 is 10.5 Å². The number of aromatic nitrogens is 1. The van der Waals surface area contributed by atoms with Gasteiger partial charge in [-0.25, -0.2) is 4.98 Å². The van der Waals surface area contributed by atoms with Crippen molar-refractivity contribution in [2.24, 2.45) is 0 Å². The molecule has 1 fully saturated rings. The van der Waals surface area contributed by atoms with Gasteiger partial charge in [0.2, 0.25) is 0 Å². The van der Waals surface area contributed by atoms with Crippen LogP contribution in [0.3, 0.4) is 0 Å². The van der Waals surface area contributed by atoms with Crippen LogP contribution in [0.1, 0.15) is 26.3 Å². The first-order valence-corrected chi connectivity index (χ1v) is 7.50. The molecule has 1 N–H and O–H groups in total. The molecule has 0 bridgehead atoms. The second-order valence-electron chi connectivity index (χ2n) is 6.67. The van der Waals surface area contributed by atoms with Crippen LogP contribution in [0.5, 0.6) is 0 Å².